The van der Waals surface area contributed by atoms with Gasteiger partial charge in [0, 0.05) is 6.54 Å². The SMILES string of the molecule is CCC1CCN(c2nc[nH]c(=O)c2OC)C(C(=O)O)C1. The molecule has 1 aliphatic heterocycles. The van der Waals surface area contributed by atoms with Gasteiger partial charge >= 0.3 is 5.97 Å². The van der Waals surface area contributed by atoms with Crippen LogP contribution in [0.5, 0.6) is 5.75 Å². The third-order valence-corrected chi connectivity index (χ3v) is 3.84. The molecular formula is C13H19N3O4. The highest BCUT2D eigenvalue weighted by atomic mass is 16.5. The van der Waals surface area contributed by atoms with Gasteiger partial charge in [-0.05, 0) is 18.8 Å². The van der Waals surface area contributed by atoms with Crippen molar-refractivity contribution in [1.29, 1.82) is 0 Å². The monoisotopic (exact) mass is 281 g/mol. The fraction of sp³-hybridized carbons (Fsp3) is 0.615. The number of methoxy groups -OCH3 is 1. The highest BCUT2D eigenvalue weighted by Gasteiger charge is 2.35. The Morgan fingerprint density at radius 2 is 2.40 bits per heavy atom. The van der Waals surface area contributed by atoms with E-state index < -0.39 is 17.6 Å². The minimum absolute atomic E-state index is 0.0636. The third-order valence-electron chi connectivity index (χ3n) is 3.84. The number of hydrogen-bond acceptors (Lipinski definition) is 5. The molecule has 1 aliphatic rings. The van der Waals surface area contributed by atoms with E-state index in [9.17, 15) is 14.7 Å². The summed E-state index contributed by atoms with van der Waals surface area (Å²) in [6, 6.07) is -0.670. The number of nitrogens with one attached hydrogen (secondary N) is 1. The number of ether oxygens (including phenoxy) is 1. The maximum atomic E-state index is 11.7. The molecule has 1 saturated heterocycles. The number of carbonyl (C=O) groups is 1. The quantitative estimate of drug-likeness (QED) is 0.849. The standard InChI is InChI=1S/C13H19N3O4/c1-3-8-4-5-16(9(6-8)13(18)19)11-10(20-2)12(17)15-7-14-11/h7-9H,3-6H2,1-2H3,(H,18,19)(H,14,15,17). The third kappa shape index (κ3) is 2.61. The van der Waals surface area contributed by atoms with Crippen LogP contribution in [0.4, 0.5) is 5.82 Å². The molecule has 0 bridgehead atoms. The lowest BCUT2D eigenvalue weighted by atomic mass is 9.89. The van der Waals surface area contributed by atoms with Gasteiger partial charge in [-0.2, -0.15) is 0 Å². The second-order valence-corrected chi connectivity index (χ2v) is 4.93. The smallest absolute Gasteiger partial charge is 0.326 e. The van der Waals surface area contributed by atoms with Gasteiger partial charge in [0.05, 0.1) is 13.4 Å². The molecule has 0 saturated carbocycles. The molecule has 2 heterocycles. The predicted octanol–water partition coefficient (Wildman–Crippen LogP) is 0.858. The molecule has 2 atom stereocenters. The number of rotatable bonds is 4. The van der Waals surface area contributed by atoms with E-state index in [4.69, 9.17) is 4.74 Å². The van der Waals surface area contributed by atoms with Gasteiger partial charge in [-0.3, -0.25) is 4.79 Å². The normalized spacial score (nSPS) is 22.6. The molecule has 20 heavy (non-hydrogen) atoms. The van der Waals surface area contributed by atoms with Gasteiger partial charge < -0.3 is 19.7 Å². The summed E-state index contributed by atoms with van der Waals surface area (Å²) in [5, 5.41) is 9.42. The van der Waals surface area contributed by atoms with Gasteiger partial charge in [0.1, 0.15) is 6.04 Å². The largest absolute Gasteiger partial charge is 0.489 e. The maximum absolute atomic E-state index is 11.7. The molecule has 110 valence electrons. The number of hydrogen-bond donors (Lipinski definition) is 2. The first-order valence-corrected chi connectivity index (χ1v) is 6.69. The van der Waals surface area contributed by atoms with Crippen LogP contribution in [0, 0.1) is 5.92 Å². The zero-order valence-electron chi connectivity index (χ0n) is 11.6. The fourth-order valence-electron chi connectivity index (χ4n) is 2.66. The van der Waals surface area contributed by atoms with Gasteiger partial charge in [-0.25, -0.2) is 9.78 Å². The van der Waals surface area contributed by atoms with E-state index in [0.717, 1.165) is 12.8 Å². The van der Waals surface area contributed by atoms with Crippen LogP contribution >= 0.6 is 0 Å². The summed E-state index contributed by atoms with van der Waals surface area (Å²) in [6.45, 7) is 2.62. The molecule has 1 fully saturated rings. The van der Waals surface area contributed by atoms with Crippen molar-refractivity contribution in [3.05, 3.63) is 16.7 Å². The second-order valence-electron chi connectivity index (χ2n) is 4.93. The number of aliphatic carboxylic acids is 1. The predicted molar refractivity (Wildman–Crippen MR) is 73.2 cm³/mol. The lowest BCUT2D eigenvalue weighted by Crippen LogP contribution is -2.48. The lowest BCUT2D eigenvalue weighted by Gasteiger charge is -2.37. The molecule has 7 heteroatoms. The van der Waals surface area contributed by atoms with Gasteiger partial charge in [-0.15, -0.1) is 0 Å². The van der Waals surface area contributed by atoms with E-state index in [2.05, 4.69) is 16.9 Å². The van der Waals surface area contributed by atoms with Gasteiger partial charge in [0.2, 0.25) is 5.75 Å². The van der Waals surface area contributed by atoms with Crippen molar-refractivity contribution in [3.8, 4) is 5.75 Å². The zero-order valence-corrected chi connectivity index (χ0v) is 11.6. The lowest BCUT2D eigenvalue weighted by molar-refractivity contribution is -0.139. The highest BCUT2D eigenvalue weighted by molar-refractivity contribution is 5.78. The van der Waals surface area contributed by atoms with Gasteiger partial charge in [0.25, 0.3) is 5.56 Å². The van der Waals surface area contributed by atoms with Crippen molar-refractivity contribution in [2.75, 3.05) is 18.6 Å². The Bertz CT molecular complexity index is 543. The molecule has 0 amide bonds. The molecular weight excluding hydrogens is 262 g/mol. The van der Waals surface area contributed by atoms with Crippen LogP contribution in [0.1, 0.15) is 26.2 Å². The fourth-order valence-corrected chi connectivity index (χ4v) is 2.66. The van der Waals surface area contributed by atoms with E-state index in [1.54, 1.807) is 4.90 Å². The Hall–Kier alpha value is -2.05. The summed E-state index contributed by atoms with van der Waals surface area (Å²) in [5.41, 5.74) is -0.403. The minimum Gasteiger partial charge on any atom is -0.489 e. The van der Waals surface area contributed by atoms with E-state index in [0.29, 0.717) is 24.7 Å². The summed E-state index contributed by atoms with van der Waals surface area (Å²) >= 11 is 0. The Morgan fingerprint density at radius 3 is 3.00 bits per heavy atom. The number of nitrogens with zero attached hydrogens (tertiary/aromatic N) is 2. The van der Waals surface area contributed by atoms with E-state index in [-0.39, 0.29) is 5.75 Å². The molecule has 2 unspecified atom stereocenters. The number of anilines is 1. The molecule has 0 aliphatic carbocycles. The van der Waals surface area contributed by atoms with Crippen LogP contribution in [-0.4, -0.2) is 40.7 Å². The molecule has 2 N–H and O–H groups in total. The number of aromatic amines is 1. The summed E-state index contributed by atoms with van der Waals surface area (Å²) < 4.78 is 5.07. The molecule has 1 aromatic heterocycles. The molecule has 0 radical (unpaired) electrons. The Morgan fingerprint density at radius 1 is 1.65 bits per heavy atom. The summed E-state index contributed by atoms with van der Waals surface area (Å²) in [5.74, 6) is -0.139. The number of H-pyrrole nitrogens is 1. The molecule has 0 spiro atoms. The van der Waals surface area contributed by atoms with E-state index in [1.807, 2.05) is 0 Å². The van der Waals surface area contributed by atoms with Crippen LogP contribution in [0.2, 0.25) is 0 Å². The zero-order chi connectivity index (χ0) is 14.7. The van der Waals surface area contributed by atoms with Crippen molar-refractivity contribution in [3.63, 3.8) is 0 Å². The van der Waals surface area contributed by atoms with Crippen LogP contribution in [0.3, 0.4) is 0 Å². The first kappa shape index (κ1) is 14.4. The van der Waals surface area contributed by atoms with E-state index >= 15 is 0 Å². The van der Waals surface area contributed by atoms with Crippen LogP contribution in [0.25, 0.3) is 0 Å². The second kappa shape index (κ2) is 5.94. The molecule has 0 aromatic carbocycles. The summed E-state index contributed by atoms with van der Waals surface area (Å²) in [4.78, 5) is 31.4. The highest BCUT2D eigenvalue weighted by Crippen LogP contribution is 2.31. The van der Waals surface area contributed by atoms with Crippen molar-refractivity contribution < 1.29 is 14.6 Å². The van der Waals surface area contributed by atoms with Crippen molar-refractivity contribution in [2.24, 2.45) is 5.92 Å². The van der Waals surface area contributed by atoms with Crippen LogP contribution < -0.4 is 15.2 Å². The number of carboxylic acid groups (broad SMARTS) is 1. The molecule has 2 rings (SSSR count). The minimum atomic E-state index is -0.896. The van der Waals surface area contributed by atoms with Crippen molar-refractivity contribution in [2.45, 2.75) is 32.2 Å². The summed E-state index contributed by atoms with van der Waals surface area (Å²) in [7, 11) is 1.38. The Labute approximate surface area is 116 Å². The van der Waals surface area contributed by atoms with Crippen LogP contribution in [-0.2, 0) is 4.79 Å². The van der Waals surface area contributed by atoms with Gasteiger partial charge in [0.15, 0.2) is 5.82 Å². The first-order chi connectivity index (χ1) is 9.58. The molecule has 1 aromatic rings. The van der Waals surface area contributed by atoms with Crippen molar-refractivity contribution in [1.82, 2.24) is 9.97 Å². The topological polar surface area (TPSA) is 95.5 Å². The maximum Gasteiger partial charge on any atom is 0.326 e. The number of carboxylic acids is 1. The first-order valence-electron chi connectivity index (χ1n) is 6.69. The average Bonchev–Trinajstić information content (AvgIpc) is 2.46. The molecule has 7 nitrogen and oxygen atoms in total. The van der Waals surface area contributed by atoms with Crippen LogP contribution in [0.15, 0.2) is 11.1 Å². The number of aromatic nitrogens is 2. The summed E-state index contributed by atoms with van der Waals surface area (Å²) in [6.07, 6.45) is 3.67. The van der Waals surface area contributed by atoms with Crippen molar-refractivity contribution >= 4 is 11.8 Å². The Kier molecular flexibility index (Phi) is 4.26. The van der Waals surface area contributed by atoms with Gasteiger partial charge in [-0.1, -0.05) is 13.3 Å². The average molecular weight is 281 g/mol. The van der Waals surface area contributed by atoms with E-state index in [1.165, 1.54) is 13.4 Å². The Balaban J connectivity index is 2.38. The number of piperidine rings is 1.